The van der Waals surface area contributed by atoms with Gasteiger partial charge in [0, 0.05) is 26.1 Å². The van der Waals surface area contributed by atoms with Gasteiger partial charge in [-0.05, 0) is 18.8 Å². The van der Waals surface area contributed by atoms with E-state index in [1.807, 2.05) is 6.92 Å². The number of hydrogen-bond acceptors (Lipinski definition) is 9. The van der Waals surface area contributed by atoms with Crippen molar-refractivity contribution < 1.29 is 14.7 Å². The number of aliphatic hydroxyl groups excluding tert-OH is 1. The smallest absolute Gasteiger partial charge is 0.278 e. The van der Waals surface area contributed by atoms with Crippen LogP contribution in [0.5, 0.6) is 0 Å². The Hall–Kier alpha value is -3.93. The van der Waals surface area contributed by atoms with Crippen molar-refractivity contribution >= 4 is 29.0 Å². The molecule has 0 bridgehead atoms. The van der Waals surface area contributed by atoms with Gasteiger partial charge in [0.1, 0.15) is 12.0 Å². The monoisotopic (exact) mass is 451 g/mol. The van der Waals surface area contributed by atoms with E-state index in [0.717, 1.165) is 18.5 Å². The summed E-state index contributed by atoms with van der Waals surface area (Å²) in [4.78, 5) is 42.8. The second kappa shape index (κ2) is 9.69. The SMILES string of the molecule is CC(CO)CNC(=O)c1c(NC(=O)c2nc(C3CC3)cnc2Nc2cncnc2)cnn1C. The van der Waals surface area contributed by atoms with Crippen molar-refractivity contribution in [2.45, 2.75) is 25.7 Å². The largest absolute Gasteiger partial charge is 0.396 e. The van der Waals surface area contributed by atoms with Crippen LogP contribution in [0.4, 0.5) is 17.2 Å². The zero-order valence-electron chi connectivity index (χ0n) is 18.3. The second-order valence-corrected chi connectivity index (χ2v) is 8.00. The molecular weight excluding hydrogens is 426 g/mol. The average molecular weight is 451 g/mol. The molecule has 1 aliphatic rings. The van der Waals surface area contributed by atoms with Crippen molar-refractivity contribution in [2.24, 2.45) is 13.0 Å². The van der Waals surface area contributed by atoms with E-state index < -0.39 is 11.8 Å². The Bertz CT molecular complexity index is 1150. The lowest BCUT2D eigenvalue weighted by atomic mass is 10.2. The first kappa shape index (κ1) is 22.3. The first-order valence-electron chi connectivity index (χ1n) is 10.6. The second-order valence-electron chi connectivity index (χ2n) is 8.00. The number of nitrogens with one attached hydrogen (secondary N) is 3. The fraction of sp³-hybridized carbons (Fsp3) is 0.381. The van der Waals surface area contributed by atoms with Crippen LogP contribution in [0.25, 0.3) is 0 Å². The number of carbonyl (C=O) groups is 2. The highest BCUT2D eigenvalue weighted by Gasteiger charge is 2.28. The van der Waals surface area contributed by atoms with Crippen molar-refractivity contribution in [3.8, 4) is 0 Å². The van der Waals surface area contributed by atoms with Gasteiger partial charge in [-0.1, -0.05) is 6.92 Å². The van der Waals surface area contributed by atoms with Gasteiger partial charge in [-0.2, -0.15) is 5.10 Å². The number of amides is 2. The van der Waals surface area contributed by atoms with E-state index in [1.54, 1.807) is 25.6 Å². The summed E-state index contributed by atoms with van der Waals surface area (Å²) in [5.74, 6) is -0.501. The van der Waals surface area contributed by atoms with Crippen LogP contribution >= 0.6 is 0 Å². The van der Waals surface area contributed by atoms with E-state index in [2.05, 4.69) is 41.0 Å². The van der Waals surface area contributed by atoms with Crippen LogP contribution in [-0.2, 0) is 7.05 Å². The van der Waals surface area contributed by atoms with Crippen LogP contribution in [0.15, 0.2) is 31.1 Å². The van der Waals surface area contributed by atoms with Gasteiger partial charge in [-0.15, -0.1) is 0 Å². The van der Waals surface area contributed by atoms with E-state index in [-0.39, 0.29) is 42.0 Å². The molecule has 2 amide bonds. The fourth-order valence-electron chi connectivity index (χ4n) is 3.12. The molecular formula is C21H25N9O3. The van der Waals surface area contributed by atoms with Crippen LogP contribution in [0.1, 0.15) is 52.4 Å². The highest BCUT2D eigenvalue weighted by atomic mass is 16.3. The maximum Gasteiger partial charge on any atom is 0.278 e. The van der Waals surface area contributed by atoms with Crippen LogP contribution in [0.2, 0.25) is 0 Å². The molecule has 0 aliphatic heterocycles. The lowest BCUT2D eigenvalue weighted by Crippen LogP contribution is -2.31. The molecule has 4 rings (SSSR count). The van der Waals surface area contributed by atoms with E-state index in [9.17, 15) is 14.7 Å². The predicted octanol–water partition coefficient (Wildman–Crippen LogP) is 1.23. The molecule has 0 radical (unpaired) electrons. The number of aliphatic hydroxyl groups is 1. The van der Waals surface area contributed by atoms with Gasteiger partial charge < -0.3 is 21.1 Å². The van der Waals surface area contributed by atoms with Crippen molar-refractivity contribution in [1.29, 1.82) is 0 Å². The molecule has 12 nitrogen and oxygen atoms in total. The number of aromatic nitrogens is 6. The summed E-state index contributed by atoms with van der Waals surface area (Å²) in [5.41, 5.74) is 1.82. The standard InChI is InChI=1S/C21H25N9O3/c1-12(10-31)5-25-21(33)18-16(9-26-30(18)2)29-20(32)17-19(27-14-6-22-11-23-7-14)24-8-15(28-17)13-3-4-13/h6-9,11-13,31H,3-5,10H2,1-2H3,(H,24,27)(H,25,33)(H,29,32). The Labute approximate surface area is 189 Å². The average Bonchev–Trinajstić information content (AvgIpc) is 3.61. The maximum atomic E-state index is 13.2. The quantitative estimate of drug-likeness (QED) is 0.375. The Morgan fingerprint density at radius 2 is 1.94 bits per heavy atom. The third-order valence-electron chi connectivity index (χ3n) is 5.15. The molecule has 1 atom stereocenters. The highest BCUT2D eigenvalue weighted by Crippen LogP contribution is 2.39. The first-order chi connectivity index (χ1) is 16.0. The van der Waals surface area contributed by atoms with Gasteiger partial charge in [0.25, 0.3) is 11.8 Å². The van der Waals surface area contributed by atoms with Gasteiger partial charge in [0.15, 0.2) is 11.5 Å². The number of nitrogens with zero attached hydrogens (tertiary/aromatic N) is 6. The third kappa shape index (κ3) is 5.29. The van der Waals surface area contributed by atoms with Crippen LogP contribution in [0.3, 0.4) is 0 Å². The lowest BCUT2D eigenvalue weighted by Gasteiger charge is -2.13. The Kier molecular flexibility index (Phi) is 6.54. The molecule has 4 N–H and O–H groups in total. The van der Waals surface area contributed by atoms with E-state index >= 15 is 0 Å². The third-order valence-corrected chi connectivity index (χ3v) is 5.15. The van der Waals surface area contributed by atoms with Gasteiger partial charge in [0.05, 0.1) is 41.9 Å². The molecule has 33 heavy (non-hydrogen) atoms. The Balaban J connectivity index is 1.58. The Morgan fingerprint density at radius 3 is 2.64 bits per heavy atom. The minimum absolute atomic E-state index is 0.0481. The Morgan fingerprint density at radius 1 is 1.18 bits per heavy atom. The molecule has 3 aromatic heterocycles. The van der Waals surface area contributed by atoms with E-state index in [1.165, 1.54) is 17.2 Å². The lowest BCUT2D eigenvalue weighted by molar-refractivity contribution is 0.0934. The molecule has 0 spiro atoms. The summed E-state index contributed by atoms with van der Waals surface area (Å²) >= 11 is 0. The summed E-state index contributed by atoms with van der Waals surface area (Å²) < 4.78 is 1.38. The molecule has 1 unspecified atom stereocenters. The zero-order valence-corrected chi connectivity index (χ0v) is 18.3. The van der Waals surface area contributed by atoms with Gasteiger partial charge in [0.2, 0.25) is 0 Å². The molecule has 172 valence electrons. The molecule has 3 aromatic rings. The minimum Gasteiger partial charge on any atom is -0.396 e. The summed E-state index contributed by atoms with van der Waals surface area (Å²) in [6.45, 7) is 2.05. The van der Waals surface area contributed by atoms with E-state index in [4.69, 9.17) is 0 Å². The topological polar surface area (TPSA) is 160 Å². The molecule has 1 fully saturated rings. The fourth-order valence-corrected chi connectivity index (χ4v) is 3.12. The molecule has 0 saturated heterocycles. The van der Waals surface area contributed by atoms with Crippen LogP contribution in [-0.4, -0.2) is 59.8 Å². The number of carbonyl (C=O) groups excluding carboxylic acids is 2. The predicted molar refractivity (Wildman–Crippen MR) is 119 cm³/mol. The number of rotatable bonds is 9. The summed E-state index contributed by atoms with van der Waals surface area (Å²) in [6, 6.07) is 0. The van der Waals surface area contributed by atoms with Crippen molar-refractivity contribution in [2.75, 3.05) is 23.8 Å². The molecule has 0 aromatic carbocycles. The van der Waals surface area contributed by atoms with Gasteiger partial charge in [-0.25, -0.2) is 19.9 Å². The summed E-state index contributed by atoms with van der Waals surface area (Å²) in [7, 11) is 1.61. The van der Waals surface area contributed by atoms with Crippen molar-refractivity contribution in [1.82, 2.24) is 35.0 Å². The van der Waals surface area contributed by atoms with E-state index in [0.29, 0.717) is 11.6 Å². The maximum absolute atomic E-state index is 13.2. The summed E-state index contributed by atoms with van der Waals surface area (Å²) in [5, 5.41) is 21.8. The molecule has 3 heterocycles. The zero-order chi connectivity index (χ0) is 23.4. The number of anilines is 3. The highest BCUT2D eigenvalue weighted by molar-refractivity contribution is 6.09. The molecule has 1 saturated carbocycles. The van der Waals surface area contributed by atoms with Crippen LogP contribution < -0.4 is 16.0 Å². The number of hydrogen-bond donors (Lipinski definition) is 4. The van der Waals surface area contributed by atoms with Crippen molar-refractivity contribution in [3.63, 3.8) is 0 Å². The van der Waals surface area contributed by atoms with Gasteiger partial charge in [-0.3, -0.25) is 14.3 Å². The molecule has 1 aliphatic carbocycles. The van der Waals surface area contributed by atoms with Crippen molar-refractivity contribution in [3.05, 3.63) is 48.2 Å². The minimum atomic E-state index is -0.532. The first-order valence-corrected chi connectivity index (χ1v) is 10.6. The normalized spacial score (nSPS) is 13.9. The number of aryl methyl sites for hydroxylation is 1. The van der Waals surface area contributed by atoms with Gasteiger partial charge >= 0.3 is 0 Å². The molecule has 12 heteroatoms. The summed E-state index contributed by atoms with van der Waals surface area (Å²) in [6.07, 6.45) is 9.59. The van der Waals surface area contributed by atoms with Crippen LogP contribution in [0, 0.1) is 5.92 Å².